The van der Waals surface area contributed by atoms with Crippen LogP contribution in [0.4, 0.5) is 5.69 Å². The molecule has 2 N–H and O–H groups in total. The summed E-state index contributed by atoms with van der Waals surface area (Å²) < 4.78 is 5.01. The first-order valence-corrected chi connectivity index (χ1v) is 7.69. The lowest BCUT2D eigenvalue weighted by Gasteiger charge is -2.08. The summed E-state index contributed by atoms with van der Waals surface area (Å²) in [7, 11) is 1.48. The number of unbranched alkanes of at least 4 members (excludes halogenated alkanes) is 3. The molecule has 118 valence electrons. The molecule has 4 heteroatoms. The van der Waals surface area contributed by atoms with E-state index in [1.807, 2.05) is 0 Å². The van der Waals surface area contributed by atoms with Gasteiger partial charge >= 0.3 is 0 Å². The van der Waals surface area contributed by atoms with E-state index in [2.05, 4.69) is 19.2 Å². The van der Waals surface area contributed by atoms with Crippen molar-refractivity contribution in [2.24, 2.45) is 5.92 Å². The highest BCUT2D eigenvalue weighted by Crippen LogP contribution is 2.28. The van der Waals surface area contributed by atoms with E-state index in [9.17, 15) is 9.90 Å². The number of anilines is 1. The fourth-order valence-electron chi connectivity index (χ4n) is 2.17. The van der Waals surface area contributed by atoms with Crippen LogP contribution in [-0.4, -0.2) is 18.1 Å². The predicted molar refractivity (Wildman–Crippen MR) is 85.8 cm³/mol. The van der Waals surface area contributed by atoms with Gasteiger partial charge in [-0.25, -0.2) is 0 Å². The molecule has 0 aliphatic heterocycles. The number of phenolic OH excluding ortho intramolecular Hbond substituents is 1. The number of carbonyl (C=O) groups is 1. The lowest BCUT2D eigenvalue weighted by Crippen LogP contribution is -2.11. The Morgan fingerprint density at radius 3 is 2.62 bits per heavy atom. The molecule has 0 saturated heterocycles. The van der Waals surface area contributed by atoms with Crippen LogP contribution in [0, 0.1) is 5.92 Å². The van der Waals surface area contributed by atoms with E-state index in [1.54, 1.807) is 12.1 Å². The zero-order valence-electron chi connectivity index (χ0n) is 13.3. The Bertz CT molecular complexity index is 444. The molecule has 0 heterocycles. The SMILES string of the molecule is COc1cc(NC(=O)CCCCCCC(C)C)ccc1O. The lowest BCUT2D eigenvalue weighted by atomic mass is 10.0. The number of aromatic hydroxyl groups is 1. The number of ether oxygens (including phenoxy) is 1. The Hall–Kier alpha value is -1.71. The van der Waals surface area contributed by atoms with E-state index in [0.717, 1.165) is 18.8 Å². The first kappa shape index (κ1) is 17.3. The van der Waals surface area contributed by atoms with Crippen LogP contribution in [0.2, 0.25) is 0 Å². The maximum Gasteiger partial charge on any atom is 0.224 e. The van der Waals surface area contributed by atoms with Crippen LogP contribution in [0.25, 0.3) is 0 Å². The molecule has 0 aromatic heterocycles. The van der Waals surface area contributed by atoms with Gasteiger partial charge in [0.15, 0.2) is 11.5 Å². The predicted octanol–water partition coefficient (Wildman–Crippen LogP) is 4.34. The van der Waals surface area contributed by atoms with Gasteiger partial charge in [-0.2, -0.15) is 0 Å². The number of phenols is 1. The van der Waals surface area contributed by atoms with E-state index in [0.29, 0.717) is 17.9 Å². The second-order valence-electron chi connectivity index (χ2n) is 5.78. The van der Waals surface area contributed by atoms with Crippen molar-refractivity contribution >= 4 is 11.6 Å². The topological polar surface area (TPSA) is 58.6 Å². The molecule has 1 aromatic carbocycles. The molecule has 0 radical (unpaired) electrons. The Labute approximate surface area is 127 Å². The van der Waals surface area contributed by atoms with Crippen molar-refractivity contribution in [3.63, 3.8) is 0 Å². The Morgan fingerprint density at radius 2 is 1.95 bits per heavy atom. The molecule has 0 unspecified atom stereocenters. The van der Waals surface area contributed by atoms with Crippen LogP contribution >= 0.6 is 0 Å². The summed E-state index contributed by atoms with van der Waals surface area (Å²) >= 11 is 0. The molecular formula is C17H27NO3. The van der Waals surface area contributed by atoms with E-state index in [1.165, 1.54) is 32.4 Å². The van der Waals surface area contributed by atoms with Crippen LogP contribution in [0.5, 0.6) is 11.5 Å². The van der Waals surface area contributed by atoms with Gasteiger partial charge in [0.1, 0.15) is 0 Å². The maximum atomic E-state index is 11.8. The average molecular weight is 293 g/mol. The van der Waals surface area contributed by atoms with Crippen molar-refractivity contribution in [2.75, 3.05) is 12.4 Å². The maximum absolute atomic E-state index is 11.8. The summed E-state index contributed by atoms with van der Waals surface area (Å²) in [5.74, 6) is 1.20. The third kappa shape index (κ3) is 7.02. The van der Waals surface area contributed by atoms with Crippen LogP contribution in [0.3, 0.4) is 0 Å². The number of nitrogens with one attached hydrogen (secondary N) is 1. The molecule has 1 rings (SSSR count). The van der Waals surface area contributed by atoms with Crippen LogP contribution in [-0.2, 0) is 4.79 Å². The van der Waals surface area contributed by atoms with Gasteiger partial charge in [-0.15, -0.1) is 0 Å². The molecule has 0 spiro atoms. The summed E-state index contributed by atoms with van der Waals surface area (Å²) in [6.45, 7) is 4.47. The lowest BCUT2D eigenvalue weighted by molar-refractivity contribution is -0.116. The third-order valence-electron chi connectivity index (χ3n) is 3.40. The summed E-state index contributed by atoms with van der Waals surface area (Å²) in [5, 5.41) is 12.3. The zero-order chi connectivity index (χ0) is 15.7. The summed E-state index contributed by atoms with van der Waals surface area (Å²) in [4.78, 5) is 11.8. The van der Waals surface area contributed by atoms with Gasteiger partial charge in [-0.3, -0.25) is 4.79 Å². The molecule has 0 atom stereocenters. The van der Waals surface area contributed by atoms with Gasteiger partial charge in [-0.05, 0) is 24.5 Å². The minimum atomic E-state index is 0.00611. The average Bonchev–Trinajstić information content (AvgIpc) is 2.44. The largest absolute Gasteiger partial charge is 0.504 e. The molecule has 0 fully saturated rings. The van der Waals surface area contributed by atoms with Crippen molar-refractivity contribution in [3.05, 3.63) is 18.2 Å². The molecule has 1 amide bonds. The number of methoxy groups -OCH3 is 1. The summed E-state index contributed by atoms with van der Waals surface area (Å²) in [6, 6.07) is 4.80. The van der Waals surface area contributed by atoms with Gasteiger partial charge < -0.3 is 15.2 Å². The zero-order valence-corrected chi connectivity index (χ0v) is 13.3. The van der Waals surface area contributed by atoms with Crippen LogP contribution in [0.15, 0.2) is 18.2 Å². The molecule has 0 bridgehead atoms. The highest BCUT2D eigenvalue weighted by atomic mass is 16.5. The van der Waals surface area contributed by atoms with Crippen LogP contribution < -0.4 is 10.1 Å². The third-order valence-corrected chi connectivity index (χ3v) is 3.40. The van der Waals surface area contributed by atoms with Crippen molar-refractivity contribution in [1.82, 2.24) is 0 Å². The quantitative estimate of drug-likeness (QED) is 0.526. The van der Waals surface area contributed by atoms with E-state index >= 15 is 0 Å². The van der Waals surface area contributed by atoms with E-state index in [4.69, 9.17) is 4.74 Å². The molecule has 21 heavy (non-hydrogen) atoms. The number of carbonyl (C=O) groups excluding carboxylic acids is 1. The first-order chi connectivity index (χ1) is 10.0. The number of hydrogen-bond acceptors (Lipinski definition) is 3. The van der Waals surface area contributed by atoms with E-state index in [-0.39, 0.29) is 11.7 Å². The van der Waals surface area contributed by atoms with Crippen molar-refractivity contribution in [3.8, 4) is 11.5 Å². The summed E-state index contributed by atoms with van der Waals surface area (Å²) in [5.41, 5.74) is 0.648. The minimum absolute atomic E-state index is 0.00611. The van der Waals surface area contributed by atoms with Gasteiger partial charge in [0, 0.05) is 18.2 Å². The molecular weight excluding hydrogens is 266 g/mol. The molecule has 4 nitrogen and oxygen atoms in total. The van der Waals surface area contributed by atoms with Gasteiger partial charge in [0.2, 0.25) is 5.91 Å². The summed E-state index contributed by atoms with van der Waals surface area (Å²) in [6.07, 6.45) is 6.25. The van der Waals surface area contributed by atoms with E-state index < -0.39 is 0 Å². The molecule has 0 aliphatic carbocycles. The highest BCUT2D eigenvalue weighted by molar-refractivity contribution is 5.91. The number of rotatable bonds is 9. The van der Waals surface area contributed by atoms with Crippen molar-refractivity contribution < 1.29 is 14.6 Å². The fourth-order valence-corrected chi connectivity index (χ4v) is 2.17. The fraction of sp³-hybridized carbons (Fsp3) is 0.588. The van der Waals surface area contributed by atoms with Gasteiger partial charge in [0.05, 0.1) is 7.11 Å². The normalized spacial score (nSPS) is 10.7. The second kappa shape index (κ2) is 9.27. The Morgan fingerprint density at radius 1 is 1.24 bits per heavy atom. The van der Waals surface area contributed by atoms with Gasteiger partial charge in [-0.1, -0.05) is 39.5 Å². The van der Waals surface area contributed by atoms with Crippen LogP contribution in [0.1, 0.15) is 52.4 Å². The second-order valence-corrected chi connectivity index (χ2v) is 5.78. The molecule has 0 aliphatic rings. The smallest absolute Gasteiger partial charge is 0.224 e. The molecule has 0 saturated carbocycles. The van der Waals surface area contributed by atoms with Gasteiger partial charge in [0.25, 0.3) is 0 Å². The Balaban J connectivity index is 2.24. The first-order valence-electron chi connectivity index (χ1n) is 7.69. The highest BCUT2D eigenvalue weighted by Gasteiger charge is 2.06. The standard InChI is InChI=1S/C17H27NO3/c1-13(2)8-6-4-5-7-9-17(20)18-14-10-11-15(19)16(12-14)21-3/h10-13,19H,4-9H2,1-3H3,(H,18,20). The Kier molecular flexibility index (Phi) is 7.65. The van der Waals surface area contributed by atoms with Crippen molar-refractivity contribution in [2.45, 2.75) is 52.4 Å². The number of amides is 1. The monoisotopic (exact) mass is 293 g/mol. The number of hydrogen-bond donors (Lipinski definition) is 2. The minimum Gasteiger partial charge on any atom is -0.504 e. The molecule has 1 aromatic rings. The number of benzene rings is 1. The van der Waals surface area contributed by atoms with Crippen molar-refractivity contribution in [1.29, 1.82) is 0 Å².